The molecule has 8 aromatic carbocycles. The van der Waals surface area contributed by atoms with Gasteiger partial charge in [-0.05, 0) is 100 Å². The quantitative estimate of drug-likeness (QED) is 0.166. The first-order chi connectivity index (χ1) is 26.0. The predicted octanol–water partition coefficient (Wildman–Crippen LogP) is 14.4. The topological polar surface area (TPSA) is 3.24 Å². The van der Waals surface area contributed by atoms with Gasteiger partial charge in [0.2, 0.25) is 0 Å². The van der Waals surface area contributed by atoms with E-state index in [2.05, 4.69) is 186 Å². The molecule has 3 heterocycles. The second-order valence-corrected chi connectivity index (χ2v) is 18.1. The molecule has 0 amide bonds. The molecule has 0 radical (unpaired) electrons. The Morgan fingerprint density at radius 2 is 0.870 bits per heavy atom. The summed E-state index contributed by atoms with van der Waals surface area (Å²) in [4.78, 5) is 2.71. The highest BCUT2D eigenvalue weighted by Crippen LogP contribution is 2.70. The molecule has 54 heavy (non-hydrogen) atoms. The third-order valence-corrected chi connectivity index (χ3v) is 13.2. The third-order valence-electron chi connectivity index (χ3n) is 13.2. The van der Waals surface area contributed by atoms with E-state index in [0.717, 1.165) is 0 Å². The minimum atomic E-state index is -0.504. The van der Waals surface area contributed by atoms with E-state index in [1.54, 1.807) is 0 Å². The fourth-order valence-electron chi connectivity index (χ4n) is 10.6. The van der Waals surface area contributed by atoms with Gasteiger partial charge in [0.1, 0.15) is 0 Å². The van der Waals surface area contributed by atoms with Gasteiger partial charge in [-0.15, -0.1) is 0 Å². The summed E-state index contributed by atoms with van der Waals surface area (Å²) in [5, 5.41) is 5.29. The van der Waals surface area contributed by atoms with E-state index < -0.39 is 5.41 Å². The molecule has 12 rings (SSSR count). The van der Waals surface area contributed by atoms with Gasteiger partial charge in [-0.3, -0.25) is 0 Å². The monoisotopic (exact) mass is 691 g/mol. The van der Waals surface area contributed by atoms with Crippen molar-refractivity contribution in [3.8, 4) is 44.5 Å². The van der Waals surface area contributed by atoms with Gasteiger partial charge in [-0.25, -0.2) is 0 Å². The minimum Gasteiger partial charge on any atom is -0.307 e. The summed E-state index contributed by atoms with van der Waals surface area (Å²) in [6.45, 7) is 14.1. The van der Waals surface area contributed by atoms with Crippen LogP contribution in [0.2, 0.25) is 0 Å². The van der Waals surface area contributed by atoms with Crippen molar-refractivity contribution >= 4 is 38.6 Å². The van der Waals surface area contributed by atoms with Crippen LogP contribution in [-0.2, 0) is 16.2 Å². The standard InChI is InChI=1S/C53H41N/c1-51(2,3)34-20-22-36-37-23-21-35(52(4,5)6)29-45(37)53(44(36)28-34)42-24-18-31-14-10-16-38-40-26-33(30-12-8-7-9-13-30)27-41-39-17-11-15-32-19-25-43(53)50(47(32)39)54(48(40)41)49(42)46(31)38/h7-29H,1-6H3. The molecular weight excluding hydrogens is 651 g/mol. The fraction of sp³-hybridized carbons (Fsp3) is 0.170. The summed E-state index contributed by atoms with van der Waals surface area (Å²) < 4.78 is 0. The van der Waals surface area contributed by atoms with Crippen LogP contribution in [0.5, 0.6) is 0 Å². The van der Waals surface area contributed by atoms with E-state index in [9.17, 15) is 0 Å². The Morgan fingerprint density at radius 3 is 1.35 bits per heavy atom. The molecule has 1 nitrogen and oxygen atoms in total. The first kappa shape index (κ1) is 30.5. The molecule has 0 fully saturated rings. The lowest BCUT2D eigenvalue weighted by Crippen LogP contribution is -2.38. The van der Waals surface area contributed by atoms with Crippen molar-refractivity contribution in [3.05, 3.63) is 173 Å². The van der Waals surface area contributed by atoms with Crippen LogP contribution in [0.3, 0.4) is 0 Å². The number of hydrogen-bond donors (Lipinski definition) is 0. The molecule has 8 aromatic rings. The number of fused-ring (bicyclic) bond motifs is 9. The number of nitrogens with zero attached hydrogens (tertiary/aromatic N) is 1. The lowest BCUT2D eigenvalue weighted by molar-refractivity contribution is 0.586. The number of benzene rings is 8. The smallest absolute Gasteiger partial charge is 0.0754 e. The van der Waals surface area contributed by atoms with E-state index in [-0.39, 0.29) is 10.8 Å². The molecule has 0 aromatic heterocycles. The zero-order valence-corrected chi connectivity index (χ0v) is 31.7. The van der Waals surface area contributed by atoms with Crippen LogP contribution >= 0.6 is 0 Å². The molecule has 0 saturated heterocycles. The first-order valence-corrected chi connectivity index (χ1v) is 19.5. The van der Waals surface area contributed by atoms with Crippen molar-refractivity contribution in [2.75, 3.05) is 4.90 Å². The third kappa shape index (κ3) is 3.56. The molecule has 258 valence electrons. The van der Waals surface area contributed by atoms with Gasteiger partial charge in [0.15, 0.2) is 0 Å². The maximum absolute atomic E-state index is 2.71. The second-order valence-electron chi connectivity index (χ2n) is 18.1. The molecule has 0 N–H and O–H groups in total. The van der Waals surface area contributed by atoms with Crippen molar-refractivity contribution in [2.45, 2.75) is 57.8 Å². The van der Waals surface area contributed by atoms with Gasteiger partial charge in [0.25, 0.3) is 0 Å². The Hall–Kier alpha value is -5.92. The van der Waals surface area contributed by atoms with Crippen molar-refractivity contribution in [3.63, 3.8) is 0 Å². The minimum absolute atomic E-state index is 0.00219. The second kappa shape index (κ2) is 9.78. The van der Waals surface area contributed by atoms with E-state index in [4.69, 9.17) is 0 Å². The Labute approximate surface area is 317 Å². The highest BCUT2D eigenvalue weighted by atomic mass is 15.2. The molecule has 1 spiro atoms. The lowest BCUT2D eigenvalue weighted by atomic mass is 9.61. The molecule has 3 aliphatic heterocycles. The Bertz CT molecular complexity index is 2820. The Morgan fingerprint density at radius 1 is 0.370 bits per heavy atom. The normalized spacial score (nSPS) is 15.0. The molecular formula is C53H41N. The number of hydrogen-bond acceptors (Lipinski definition) is 1. The first-order valence-electron chi connectivity index (χ1n) is 19.5. The molecule has 0 bridgehead atoms. The summed E-state index contributed by atoms with van der Waals surface area (Å²) in [7, 11) is 0. The van der Waals surface area contributed by atoms with Crippen molar-refractivity contribution in [1.82, 2.24) is 0 Å². The molecule has 0 unspecified atom stereocenters. The molecule has 0 saturated carbocycles. The van der Waals surface area contributed by atoms with Gasteiger partial charge in [0.05, 0.1) is 22.5 Å². The van der Waals surface area contributed by atoms with Gasteiger partial charge >= 0.3 is 0 Å². The number of anilines is 3. The summed E-state index contributed by atoms with van der Waals surface area (Å²) >= 11 is 0. The van der Waals surface area contributed by atoms with Crippen molar-refractivity contribution in [1.29, 1.82) is 0 Å². The lowest BCUT2D eigenvalue weighted by Gasteiger charge is -2.50. The van der Waals surface area contributed by atoms with Gasteiger partial charge in [-0.2, -0.15) is 0 Å². The average molecular weight is 692 g/mol. The number of rotatable bonds is 1. The maximum atomic E-state index is 2.71. The van der Waals surface area contributed by atoms with Gasteiger partial charge < -0.3 is 4.90 Å². The van der Waals surface area contributed by atoms with E-state index in [1.165, 1.54) is 116 Å². The van der Waals surface area contributed by atoms with Crippen LogP contribution in [0.25, 0.3) is 66.1 Å². The molecule has 1 aliphatic carbocycles. The largest absolute Gasteiger partial charge is 0.307 e. The predicted molar refractivity (Wildman–Crippen MR) is 228 cm³/mol. The molecule has 0 atom stereocenters. The van der Waals surface area contributed by atoms with Crippen molar-refractivity contribution < 1.29 is 0 Å². The SMILES string of the molecule is CC(C)(C)c1ccc2c(c1)C1(c3cc(C(C)(C)C)ccc3-2)c2ccc3cccc4c3c2N2c3c-4cc(-c4ccccc4)cc3-c3cccc4ccc1c2c34. The van der Waals surface area contributed by atoms with Crippen LogP contribution in [-0.4, -0.2) is 0 Å². The highest BCUT2D eigenvalue weighted by Gasteiger charge is 2.55. The van der Waals surface area contributed by atoms with Crippen LogP contribution in [0, 0.1) is 0 Å². The zero-order valence-electron chi connectivity index (χ0n) is 31.7. The van der Waals surface area contributed by atoms with Gasteiger partial charge in [-0.1, -0.05) is 169 Å². The Kier molecular flexibility index (Phi) is 5.53. The van der Waals surface area contributed by atoms with E-state index >= 15 is 0 Å². The van der Waals surface area contributed by atoms with Crippen molar-refractivity contribution in [2.24, 2.45) is 0 Å². The fourth-order valence-corrected chi connectivity index (χ4v) is 10.6. The van der Waals surface area contributed by atoms with E-state index in [0.29, 0.717) is 0 Å². The highest BCUT2D eigenvalue weighted by molar-refractivity contribution is 6.26. The average Bonchev–Trinajstić information content (AvgIpc) is 3.46. The molecule has 4 aliphatic rings. The maximum Gasteiger partial charge on any atom is 0.0754 e. The summed E-state index contributed by atoms with van der Waals surface area (Å²) in [6.07, 6.45) is 0. The van der Waals surface area contributed by atoms with Crippen LogP contribution < -0.4 is 4.90 Å². The van der Waals surface area contributed by atoms with Crippen LogP contribution in [0.1, 0.15) is 74.9 Å². The van der Waals surface area contributed by atoms with Gasteiger partial charge in [0, 0.05) is 21.9 Å². The summed E-state index contributed by atoms with van der Waals surface area (Å²) in [6, 6.07) is 54.3. The van der Waals surface area contributed by atoms with E-state index in [1.807, 2.05) is 0 Å². The zero-order chi connectivity index (χ0) is 36.5. The van der Waals surface area contributed by atoms with Crippen LogP contribution in [0.15, 0.2) is 140 Å². The summed E-state index contributed by atoms with van der Waals surface area (Å²) in [5.74, 6) is 0. The summed E-state index contributed by atoms with van der Waals surface area (Å²) in [5.41, 5.74) is 22.3. The molecule has 1 heteroatoms. The Balaban J connectivity index is 1.33. The van der Waals surface area contributed by atoms with Crippen LogP contribution in [0.4, 0.5) is 17.1 Å².